The molecule has 0 fully saturated rings. The Morgan fingerprint density at radius 2 is 1.43 bits per heavy atom. The largest absolute Gasteiger partial charge is 0.454 e. The third kappa shape index (κ3) is 13.9. The fourth-order valence-electron chi connectivity index (χ4n) is 4.65. The quantitative estimate of drug-likeness (QED) is 0.0545. The van der Waals surface area contributed by atoms with Gasteiger partial charge >= 0.3 is 5.97 Å². The molecule has 6 nitrogen and oxygen atoms in total. The molecular weight excluding hydrogens is 569 g/mol. The Morgan fingerprint density at radius 3 is 1.90 bits per heavy atom. The summed E-state index contributed by atoms with van der Waals surface area (Å²) in [5.74, 6) is -0.396. The molecule has 0 saturated carbocycles. The van der Waals surface area contributed by atoms with Crippen molar-refractivity contribution in [2.75, 3.05) is 19.8 Å². The molecule has 0 aliphatic rings. The molecule has 0 N–H and O–H groups in total. The van der Waals surface area contributed by atoms with E-state index in [0.717, 1.165) is 18.9 Å². The molecule has 0 heterocycles. The van der Waals surface area contributed by atoms with Crippen molar-refractivity contribution < 1.29 is 27.5 Å². The van der Waals surface area contributed by atoms with Gasteiger partial charge in [0.15, 0.2) is 16.6 Å². The summed E-state index contributed by atoms with van der Waals surface area (Å²) in [6.45, 7) is 38.7. The van der Waals surface area contributed by atoms with E-state index >= 15 is 0 Å². The second kappa shape index (κ2) is 16.1. The number of hydrogen-bond donors (Lipinski definition) is 0. The van der Waals surface area contributed by atoms with Gasteiger partial charge in [0.1, 0.15) is 6.10 Å². The molecule has 0 amide bonds. The molecule has 0 aromatic rings. The highest BCUT2D eigenvalue weighted by molar-refractivity contribution is 6.82. The predicted molar refractivity (Wildman–Crippen MR) is 181 cm³/mol. The zero-order valence-electron chi connectivity index (χ0n) is 29.1. The average Bonchev–Trinajstić information content (AvgIpc) is 2.78. The molecule has 0 aliphatic heterocycles. The first-order chi connectivity index (χ1) is 17.9. The Balaban J connectivity index is 5.25. The van der Waals surface area contributed by atoms with Crippen LogP contribution in [0.1, 0.15) is 67.2 Å². The highest BCUT2D eigenvalue weighted by Crippen LogP contribution is 2.40. The minimum atomic E-state index is -2.22. The van der Waals surface area contributed by atoms with Gasteiger partial charge in [0.05, 0.1) is 26.5 Å². The number of esters is 1. The highest BCUT2D eigenvalue weighted by Gasteiger charge is 2.52. The molecule has 1 unspecified atom stereocenters. The van der Waals surface area contributed by atoms with Crippen molar-refractivity contribution in [2.24, 2.45) is 0 Å². The summed E-state index contributed by atoms with van der Waals surface area (Å²) in [6.07, 6.45) is 3.96. The molecule has 10 heteroatoms. The van der Waals surface area contributed by atoms with Crippen LogP contribution in [0.4, 0.5) is 0 Å². The van der Waals surface area contributed by atoms with E-state index in [1.54, 1.807) is 6.92 Å². The van der Waals surface area contributed by atoms with E-state index in [9.17, 15) is 4.79 Å². The standard InChI is InChI=1S/C30H66O6Si4/c1-17-19-23-39(13,14)35-29(5,6)40(15,16)36-30(7,18-2)38(11,12)22-20-21-32-24-27(25-33-37(8,9)10)34-28(31)26(3)4/h27H,3,17-25H2,1-2,4-16H3/t27?,30-/m1/s1. The van der Waals surface area contributed by atoms with Crippen LogP contribution in [0.15, 0.2) is 12.2 Å². The Kier molecular flexibility index (Phi) is 16.1. The van der Waals surface area contributed by atoms with Crippen molar-refractivity contribution in [2.45, 2.75) is 155 Å². The van der Waals surface area contributed by atoms with Crippen LogP contribution in [0.2, 0.25) is 71.0 Å². The van der Waals surface area contributed by atoms with E-state index in [2.05, 4.69) is 100 Å². The molecule has 0 radical (unpaired) electrons. The second-order valence-corrected chi connectivity index (χ2v) is 33.5. The van der Waals surface area contributed by atoms with Gasteiger partial charge in [-0.25, -0.2) is 4.79 Å². The van der Waals surface area contributed by atoms with Crippen molar-refractivity contribution >= 4 is 39.0 Å². The van der Waals surface area contributed by atoms with Crippen LogP contribution in [0.3, 0.4) is 0 Å². The smallest absolute Gasteiger partial charge is 0.333 e. The zero-order chi connectivity index (χ0) is 31.6. The topological polar surface area (TPSA) is 63.2 Å². The number of carbonyl (C=O) groups is 1. The molecule has 2 atom stereocenters. The molecular formula is C30H66O6Si4. The third-order valence-corrected chi connectivity index (χ3v) is 21.4. The van der Waals surface area contributed by atoms with Gasteiger partial charge in [0, 0.05) is 17.4 Å². The summed E-state index contributed by atoms with van der Waals surface area (Å²) in [6, 6.07) is 2.29. The molecule has 0 bridgehead atoms. The Morgan fingerprint density at radius 1 is 0.850 bits per heavy atom. The van der Waals surface area contributed by atoms with Gasteiger partial charge in [-0.3, -0.25) is 0 Å². The average molecular weight is 635 g/mol. The van der Waals surface area contributed by atoms with Crippen LogP contribution >= 0.6 is 0 Å². The van der Waals surface area contributed by atoms with E-state index < -0.39 is 45.1 Å². The van der Waals surface area contributed by atoms with Crippen LogP contribution in [0, 0.1) is 0 Å². The van der Waals surface area contributed by atoms with Gasteiger partial charge in [-0.05, 0) is 92.4 Å². The summed E-state index contributed by atoms with van der Waals surface area (Å²) in [4.78, 5) is 12.1. The molecule has 0 aliphatic carbocycles. The van der Waals surface area contributed by atoms with E-state index in [4.69, 9.17) is 22.8 Å². The van der Waals surface area contributed by atoms with Gasteiger partial charge in [-0.1, -0.05) is 52.4 Å². The molecule has 0 aromatic carbocycles. The molecule has 0 spiro atoms. The van der Waals surface area contributed by atoms with Crippen LogP contribution < -0.4 is 0 Å². The molecule has 238 valence electrons. The van der Waals surface area contributed by atoms with Crippen LogP contribution in [-0.4, -0.2) is 75.4 Å². The van der Waals surface area contributed by atoms with Crippen molar-refractivity contribution in [3.05, 3.63) is 12.2 Å². The number of hydrogen-bond acceptors (Lipinski definition) is 6. The fourth-order valence-corrected chi connectivity index (χ4v) is 15.7. The fraction of sp³-hybridized carbons (Fsp3) is 0.900. The lowest BCUT2D eigenvalue weighted by Gasteiger charge is -2.52. The maximum Gasteiger partial charge on any atom is 0.333 e. The highest BCUT2D eigenvalue weighted by atomic mass is 28.4. The predicted octanol–water partition coefficient (Wildman–Crippen LogP) is 8.71. The Bertz CT molecular complexity index is 792. The third-order valence-electron chi connectivity index (χ3n) is 8.42. The van der Waals surface area contributed by atoms with Crippen molar-refractivity contribution in [1.29, 1.82) is 0 Å². The first kappa shape index (κ1) is 39.9. The summed E-state index contributed by atoms with van der Waals surface area (Å²) in [5, 5.41) is -0.405. The SMILES string of the molecule is C=C(C)C(=O)OC(COCCC[Si](C)(C)[C@](C)(CC)O[Si](C)(C)C(C)(C)O[Si](C)(C)CCCC)CO[Si](C)(C)C. The number of ether oxygens (including phenoxy) is 2. The lowest BCUT2D eigenvalue weighted by atomic mass is 10.3. The second-order valence-electron chi connectivity index (χ2n) is 15.0. The monoisotopic (exact) mass is 634 g/mol. The number of carbonyl (C=O) groups excluding carboxylic acids is 1. The Labute approximate surface area is 252 Å². The van der Waals surface area contributed by atoms with Crippen molar-refractivity contribution in [3.8, 4) is 0 Å². The lowest BCUT2D eigenvalue weighted by molar-refractivity contribution is -0.149. The van der Waals surface area contributed by atoms with Crippen LogP contribution in [0.5, 0.6) is 0 Å². The van der Waals surface area contributed by atoms with Gasteiger partial charge in [0.2, 0.25) is 8.32 Å². The normalized spacial score (nSPS) is 16.0. The van der Waals surface area contributed by atoms with Crippen molar-refractivity contribution in [3.63, 3.8) is 0 Å². The van der Waals surface area contributed by atoms with Gasteiger partial charge in [0.25, 0.3) is 0 Å². The summed E-state index contributed by atoms with van der Waals surface area (Å²) >= 11 is 0. The summed E-state index contributed by atoms with van der Waals surface area (Å²) in [5.41, 5.74) is 0.386. The first-order valence-electron chi connectivity index (χ1n) is 15.4. The zero-order valence-corrected chi connectivity index (χ0v) is 33.1. The van der Waals surface area contributed by atoms with Gasteiger partial charge in [-0.2, -0.15) is 0 Å². The van der Waals surface area contributed by atoms with Gasteiger partial charge in [-0.15, -0.1) is 0 Å². The Hall–Kier alpha value is -0.0825. The van der Waals surface area contributed by atoms with E-state index in [-0.39, 0.29) is 10.4 Å². The minimum absolute atomic E-state index is 0.150. The van der Waals surface area contributed by atoms with E-state index in [0.29, 0.717) is 25.4 Å². The minimum Gasteiger partial charge on any atom is -0.454 e. The lowest BCUT2D eigenvalue weighted by Crippen LogP contribution is -2.66. The maximum absolute atomic E-state index is 12.1. The summed E-state index contributed by atoms with van der Waals surface area (Å²) in [7, 11) is -7.53. The maximum atomic E-state index is 12.1. The van der Waals surface area contributed by atoms with E-state index in [1.165, 1.54) is 18.9 Å². The van der Waals surface area contributed by atoms with Crippen LogP contribution in [0.25, 0.3) is 0 Å². The number of unbranched alkanes of at least 4 members (excludes halogenated alkanes) is 1. The molecule has 40 heavy (non-hydrogen) atoms. The number of rotatable bonds is 21. The van der Waals surface area contributed by atoms with Crippen LogP contribution in [-0.2, 0) is 27.5 Å². The summed E-state index contributed by atoms with van der Waals surface area (Å²) < 4.78 is 31.8. The molecule has 0 rings (SSSR count). The molecule has 0 saturated heterocycles. The van der Waals surface area contributed by atoms with Gasteiger partial charge < -0.3 is 22.8 Å². The molecule has 0 aromatic heterocycles. The van der Waals surface area contributed by atoms with E-state index in [1.807, 2.05) is 0 Å². The van der Waals surface area contributed by atoms with Crippen molar-refractivity contribution in [1.82, 2.24) is 0 Å². The first-order valence-corrected chi connectivity index (χ1v) is 28.1.